The predicted molar refractivity (Wildman–Crippen MR) is 140 cm³/mol. The van der Waals surface area contributed by atoms with Crippen molar-refractivity contribution >= 4 is 63.5 Å². The molecule has 0 bridgehead atoms. The molecule has 0 aliphatic carbocycles. The first-order chi connectivity index (χ1) is 13.4. The molecule has 0 aromatic heterocycles. The van der Waals surface area contributed by atoms with E-state index in [1.807, 2.05) is 0 Å². The van der Waals surface area contributed by atoms with Gasteiger partial charge in [0.1, 0.15) is 0 Å². The third kappa shape index (κ3) is 5.29. The van der Waals surface area contributed by atoms with Crippen LogP contribution in [0.25, 0.3) is 0 Å². The van der Waals surface area contributed by atoms with E-state index < -0.39 is 7.92 Å². The van der Waals surface area contributed by atoms with Crippen LogP contribution in [-0.2, 0) is 0 Å². The smallest absolute Gasteiger partial charge is 0.0134 e. The number of rotatable bonds is 6. The van der Waals surface area contributed by atoms with Gasteiger partial charge in [-0.15, -0.1) is 0 Å². The van der Waals surface area contributed by atoms with E-state index in [0.29, 0.717) is 0 Å². The van der Waals surface area contributed by atoms with Gasteiger partial charge < -0.3 is 0 Å². The van der Waals surface area contributed by atoms with Crippen LogP contribution in [0, 0.1) is 0 Å². The maximum absolute atomic E-state index is 2.47. The van der Waals surface area contributed by atoms with Gasteiger partial charge in [0.05, 0.1) is 0 Å². The molecule has 0 aliphatic rings. The van der Waals surface area contributed by atoms with Gasteiger partial charge in [-0.05, 0) is 97.9 Å². The minimum absolute atomic E-state index is 0.0906. The number of hydrogen-bond donors (Lipinski definition) is 0. The van der Waals surface area contributed by atoms with Crippen LogP contribution in [0.5, 0.6) is 0 Å². The van der Waals surface area contributed by atoms with E-state index in [4.69, 9.17) is 0 Å². The third-order valence-corrected chi connectivity index (χ3v) is 11.1. The van der Waals surface area contributed by atoms with Crippen molar-refractivity contribution in [3.63, 3.8) is 0 Å². The summed E-state index contributed by atoms with van der Waals surface area (Å²) in [5, 5.41) is 8.92. The second-order valence-electron chi connectivity index (χ2n) is 7.58. The van der Waals surface area contributed by atoms with Crippen molar-refractivity contribution in [3.8, 4) is 0 Å². The highest BCUT2D eigenvalue weighted by atomic mass is 31.1. The third-order valence-electron chi connectivity index (χ3n) is 4.81. The maximum atomic E-state index is 2.47. The standard InChI is InChI=1S/C24H30P4/c1-25(2)19-10-7-13-22(16-19)28(23-14-8-11-20(17-23)26(3)4)24-15-9-12-21(18-24)27(5)6/h7-18H,1-6H3. The summed E-state index contributed by atoms with van der Waals surface area (Å²) in [6.45, 7) is 14.1. The van der Waals surface area contributed by atoms with Gasteiger partial charge in [0.15, 0.2) is 0 Å². The Morgan fingerprint density at radius 2 is 0.643 bits per heavy atom. The summed E-state index contributed by atoms with van der Waals surface area (Å²) in [7, 11) is -0.810. The Bertz CT molecular complexity index is 809. The van der Waals surface area contributed by atoms with Crippen molar-refractivity contribution in [2.45, 2.75) is 0 Å². The molecule has 0 aliphatic heterocycles. The van der Waals surface area contributed by atoms with Crippen molar-refractivity contribution in [3.05, 3.63) is 72.8 Å². The Labute approximate surface area is 176 Å². The molecule has 0 radical (unpaired) electrons. The largest absolute Gasteiger partial charge is 0.0817 e. The minimum atomic E-state index is -0.538. The topological polar surface area (TPSA) is 0 Å². The van der Waals surface area contributed by atoms with Crippen LogP contribution in [0.3, 0.4) is 0 Å². The van der Waals surface area contributed by atoms with Gasteiger partial charge in [-0.1, -0.05) is 78.4 Å². The van der Waals surface area contributed by atoms with Crippen LogP contribution < -0.4 is 31.8 Å². The first-order valence-electron chi connectivity index (χ1n) is 9.49. The SMILES string of the molecule is CP(C)c1cccc(P(c2cccc(P(C)C)c2)c2cccc(P(C)C)c2)c1. The monoisotopic (exact) mass is 442 g/mol. The Hall–Kier alpha value is -0.620. The molecule has 0 saturated carbocycles. The second-order valence-corrected chi connectivity index (χ2v) is 16.7. The first kappa shape index (κ1) is 22.1. The van der Waals surface area contributed by atoms with Crippen LogP contribution in [0.1, 0.15) is 0 Å². The van der Waals surface area contributed by atoms with E-state index in [1.165, 1.54) is 31.8 Å². The summed E-state index contributed by atoms with van der Waals surface area (Å²) in [5.41, 5.74) is 0. The fraction of sp³-hybridized carbons (Fsp3) is 0.250. The molecule has 0 heterocycles. The fourth-order valence-corrected chi connectivity index (χ4v) is 8.23. The Balaban J connectivity index is 2.18. The molecule has 0 amide bonds. The number of hydrogen-bond acceptors (Lipinski definition) is 0. The zero-order valence-electron chi connectivity index (χ0n) is 17.7. The molecule has 0 fully saturated rings. The van der Waals surface area contributed by atoms with Gasteiger partial charge in [0.2, 0.25) is 0 Å². The molecule has 0 spiro atoms. The van der Waals surface area contributed by atoms with Gasteiger partial charge in [-0.3, -0.25) is 0 Å². The van der Waals surface area contributed by atoms with Gasteiger partial charge in [0.25, 0.3) is 0 Å². The average molecular weight is 442 g/mol. The molecule has 0 unspecified atom stereocenters. The molecular formula is C24H30P4. The van der Waals surface area contributed by atoms with Crippen molar-refractivity contribution in [2.75, 3.05) is 40.0 Å². The lowest BCUT2D eigenvalue weighted by atomic mass is 10.3. The molecule has 28 heavy (non-hydrogen) atoms. The molecule has 0 nitrogen and oxygen atoms in total. The molecule has 146 valence electrons. The van der Waals surface area contributed by atoms with E-state index in [9.17, 15) is 0 Å². The van der Waals surface area contributed by atoms with Crippen LogP contribution in [0.2, 0.25) is 0 Å². The van der Waals surface area contributed by atoms with Crippen LogP contribution >= 0.6 is 31.7 Å². The summed E-state index contributed by atoms with van der Waals surface area (Å²) in [5.74, 6) is 0. The summed E-state index contributed by atoms with van der Waals surface area (Å²) in [6.07, 6.45) is 0. The zero-order chi connectivity index (χ0) is 20.3. The highest BCUT2D eigenvalue weighted by Gasteiger charge is 2.19. The lowest BCUT2D eigenvalue weighted by molar-refractivity contribution is 1.79. The highest BCUT2D eigenvalue weighted by molar-refractivity contribution is 7.80. The van der Waals surface area contributed by atoms with Crippen LogP contribution in [-0.4, -0.2) is 40.0 Å². The summed E-state index contributed by atoms with van der Waals surface area (Å²) in [6, 6.07) is 28.1. The Kier molecular flexibility index (Phi) is 7.82. The van der Waals surface area contributed by atoms with Gasteiger partial charge >= 0.3 is 0 Å². The molecule has 0 atom stereocenters. The van der Waals surface area contributed by atoms with Crippen molar-refractivity contribution < 1.29 is 0 Å². The van der Waals surface area contributed by atoms with Crippen molar-refractivity contribution in [1.29, 1.82) is 0 Å². The normalized spacial score (nSPS) is 11.8. The number of benzene rings is 3. The molecule has 3 rings (SSSR count). The Morgan fingerprint density at radius 1 is 0.393 bits per heavy atom. The van der Waals surface area contributed by atoms with E-state index in [-0.39, 0.29) is 23.8 Å². The summed E-state index contributed by atoms with van der Waals surface area (Å²) < 4.78 is 0. The highest BCUT2D eigenvalue weighted by Crippen LogP contribution is 2.35. The van der Waals surface area contributed by atoms with Crippen LogP contribution in [0.15, 0.2) is 72.8 Å². The average Bonchev–Trinajstić information content (AvgIpc) is 2.69. The van der Waals surface area contributed by atoms with E-state index in [2.05, 4.69) is 113 Å². The minimum Gasteiger partial charge on any atom is -0.0817 e. The lowest BCUT2D eigenvalue weighted by Gasteiger charge is -2.23. The van der Waals surface area contributed by atoms with E-state index >= 15 is 0 Å². The molecule has 3 aromatic rings. The van der Waals surface area contributed by atoms with Gasteiger partial charge in [0, 0.05) is 0 Å². The van der Waals surface area contributed by atoms with Crippen molar-refractivity contribution in [1.82, 2.24) is 0 Å². The molecule has 3 aromatic carbocycles. The summed E-state index contributed by atoms with van der Waals surface area (Å²) >= 11 is 0. The van der Waals surface area contributed by atoms with Crippen LogP contribution in [0.4, 0.5) is 0 Å². The maximum Gasteiger partial charge on any atom is -0.0134 e. The quantitative estimate of drug-likeness (QED) is 0.492. The summed E-state index contributed by atoms with van der Waals surface area (Å²) in [4.78, 5) is 0. The lowest BCUT2D eigenvalue weighted by Crippen LogP contribution is -2.25. The fourth-order valence-electron chi connectivity index (χ4n) is 3.18. The second kappa shape index (κ2) is 9.92. The molecular weight excluding hydrogens is 412 g/mol. The van der Waals surface area contributed by atoms with E-state index in [1.54, 1.807) is 0 Å². The zero-order valence-corrected chi connectivity index (χ0v) is 21.3. The Morgan fingerprint density at radius 3 is 0.893 bits per heavy atom. The molecule has 4 heteroatoms. The predicted octanol–water partition coefficient (Wildman–Crippen LogP) is 4.55. The first-order valence-corrected chi connectivity index (χ1v) is 17.5. The van der Waals surface area contributed by atoms with Gasteiger partial charge in [-0.25, -0.2) is 0 Å². The van der Waals surface area contributed by atoms with Crippen molar-refractivity contribution in [2.24, 2.45) is 0 Å². The molecule has 0 saturated heterocycles. The van der Waals surface area contributed by atoms with Gasteiger partial charge in [-0.2, -0.15) is 0 Å². The molecule has 0 N–H and O–H groups in total. The van der Waals surface area contributed by atoms with E-state index in [0.717, 1.165) is 0 Å².